The van der Waals surface area contributed by atoms with Gasteiger partial charge in [-0.3, -0.25) is 0 Å². The van der Waals surface area contributed by atoms with Crippen molar-refractivity contribution in [3.05, 3.63) is 35.9 Å². The van der Waals surface area contributed by atoms with Crippen molar-refractivity contribution in [3.63, 3.8) is 0 Å². The molecule has 0 bridgehead atoms. The second-order valence-electron chi connectivity index (χ2n) is 1.67. The standard InChI is InChI=1S/C7H6O2.Cu.H2N/c8-7(9)6-4-2-1-3-5-6;;/h1-5H,(H,8,9);;1H2/q;+1;-1. The molecule has 0 amide bonds. The second kappa shape index (κ2) is 5.92. The van der Waals surface area contributed by atoms with Gasteiger partial charge in [-0.05, 0) is 12.1 Å². The normalized spacial score (nSPS) is 7.91. The quantitative estimate of drug-likeness (QED) is 0.661. The summed E-state index contributed by atoms with van der Waals surface area (Å²) in [4.78, 5) is 10.2. The molecule has 0 radical (unpaired) electrons. The van der Waals surface area contributed by atoms with E-state index in [1.54, 1.807) is 30.3 Å². The first-order valence-corrected chi connectivity index (χ1v) is 3.31. The average Bonchev–Trinajstić information content (AvgIpc) is 2.10. The van der Waals surface area contributed by atoms with Crippen LogP contribution in [0.1, 0.15) is 10.4 Å². The van der Waals surface area contributed by atoms with Crippen molar-refractivity contribution in [2.24, 2.45) is 4.75 Å². The zero-order valence-electron chi connectivity index (χ0n) is 5.62. The molecule has 4 heteroatoms. The Labute approximate surface area is 73.2 Å². The van der Waals surface area contributed by atoms with Crippen LogP contribution >= 0.6 is 0 Å². The minimum atomic E-state index is -0.879. The van der Waals surface area contributed by atoms with E-state index in [0.29, 0.717) is 5.56 Å². The number of benzene rings is 1. The molecule has 1 rings (SSSR count). The summed E-state index contributed by atoms with van der Waals surface area (Å²) < 4.78 is 4.06. The van der Waals surface area contributed by atoms with Gasteiger partial charge in [0, 0.05) is 0 Å². The summed E-state index contributed by atoms with van der Waals surface area (Å²) in [5.74, 6) is -0.879. The summed E-state index contributed by atoms with van der Waals surface area (Å²) in [6, 6.07) is 8.30. The van der Waals surface area contributed by atoms with E-state index in [4.69, 9.17) is 5.11 Å². The first-order valence-electron chi connectivity index (χ1n) is 2.76. The van der Waals surface area contributed by atoms with Gasteiger partial charge in [0.25, 0.3) is 0 Å². The monoisotopic (exact) mass is 201 g/mol. The first kappa shape index (κ1) is 10.2. The van der Waals surface area contributed by atoms with Gasteiger partial charge in [-0.25, -0.2) is 4.79 Å². The van der Waals surface area contributed by atoms with Crippen LogP contribution in [0.3, 0.4) is 0 Å². The topological polar surface area (TPSA) is 63.3 Å². The van der Waals surface area contributed by atoms with E-state index in [1.807, 2.05) is 0 Å². The van der Waals surface area contributed by atoms with Crippen molar-refractivity contribution < 1.29 is 26.1 Å². The molecule has 0 fully saturated rings. The third-order valence-corrected chi connectivity index (χ3v) is 1.02. The number of hydrogen-bond acceptors (Lipinski definition) is 2. The van der Waals surface area contributed by atoms with Gasteiger partial charge < -0.3 is 5.11 Å². The number of aromatic carboxylic acids is 1. The fraction of sp³-hybridized carbons (Fsp3) is 0. The van der Waals surface area contributed by atoms with Gasteiger partial charge in [-0.2, -0.15) is 0 Å². The van der Waals surface area contributed by atoms with Gasteiger partial charge >= 0.3 is 27.0 Å². The van der Waals surface area contributed by atoms with Crippen LogP contribution in [-0.4, -0.2) is 11.1 Å². The van der Waals surface area contributed by atoms with Crippen LogP contribution in [0.2, 0.25) is 0 Å². The van der Waals surface area contributed by atoms with E-state index in [-0.39, 0.29) is 0 Å². The molecular weight excluding hydrogens is 194 g/mol. The van der Waals surface area contributed by atoms with Crippen molar-refractivity contribution in [1.29, 1.82) is 0 Å². The van der Waals surface area contributed by atoms with Crippen LogP contribution in [0.15, 0.2) is 30.3 Å². The summed E-state index contributed by atoms with van der Waals surface area (Å²) in [5, 5.41) is 8.38. The Morgan fingerprint density at radius 2 is 1.73 bits per heavy atom. The van der Waals surface area contributed by atoms with Crippen LogP contribution in [-0.2, 0) is 16.2 Å². The summed E-state index contributed by atoms with van der Waals surface area (Å²) >= 11 is 3.69. The molecule has 0 aromatic heterocycles. The van der Waals surface area contributed by atoms with Crippen LogP contribution in [0.5, 0.6) is 0 Å². The van der Waals surface area contributed by atoms with Gasteiger partial charge in [-0.15, -0.1) is 0 Å². The molecule has 0 saturated heterocycles. The summed E-state index contributed by atoms with van der Waals surface area (Å²) in [6.07, 6.45) is 0. The van der Waals surface area contributed by atoms with Gasteiger partial charge in [-0.1, -0.05) is 18.2 Å². The number of nitrogens with two attached hydrogens (primary N) is 1. The molecule has 3 N–H and O–H groups in total. The van der Waals surface area contributed by atoms with E-state index in [1.165, 1.54) is 0 Å². The summed E-state index contributed by atoms with van der Waals surface area (Å²) in [6.45, 7) is 0. The van der Waals surface area contributed by atoms with Crippen molar-refractivity contribution >= 4 is 5.97 Å². The van der Waals surface area contributed by atoms with Crippen LogP contribution < -0.4 is 4.75 Å². The molecular formula is C7H8CuNO2. The van der Waals surface area contributed by atoms with E-state index in [0.717, 1.165) is 0 Å². The van der Waals surface area contributed by atoms with Crippen molar-refractivity contribution in [2.75, 3.05) is 0 Å². The van der Waals surface area contributed by atoms with E-state index < -0.39 is 5.97 Å². The Morgan fingerprint density at radius 1 is 1.27 bits per heavy atom. The predicted octanol–water partition coefficient (Wildman–Crippen LogP) is 0.792. The molecule has 0 aliphatic rings. The molecule has 0 unspecified atom stereocenters. The molecule has 0 spiro atoms. The second-order valence-corrected chi connectivity index (χ2v) is 1.67. The fourth-order valence-electron chi connectivity index (χ4n) is 0.581. The molecule has 0 heterocycles. The number of rotatable bonds is 1. The van der Waals surface area contributed by atoms with Gasteiger partial charge in [0.05, 0.1) is 5.56 Å². The van der Waals surface area contributed by atoms with Gasteiger partial charge in [0.2, 0.25) is 0 Å². The van der Waals surface area contributed by atoms with E-state index >= 15 is 0 Å². The first-order chi connectivity index (χ1) is 5.30. The minimum absolute atomic E-state index is 0.331. The number of carboxylic acid groups (broad SMARTS) is 1. The maximum absolute atomic E-state index is 10.2. The van der Waals surface area contributed by atoms with E-state index in [9.17, 15) is 4.79 Å². The average molecular weight is 202 g/mol. The Morgan fingerprint density at radius 3 is 2.00 bits per heavy atom. The van der Waals surface area contributed by atoms with Crippen LogP contribution in [0.4, 0.5) is 0 Å². The van der Waals surface area contributed by atoms with Crippen molar-refractivity contribution in [1.82, 2.24) is 0 Å². The Balaban J connectivity index is 0.000000461. The maximum atomic E-state index is 10.2. The Hall–Kier alpha value is -0.831. The van der Waals surface area contributed by atoms with Crippen LogP contribution in [0, 0.1) is 0 Å². The number of carboxylic acids is 1. The molecule has 1 aromatic rings. The van der Waals surface area contributed by atoms with E-state index in [2.05, 4.69) is 21.0 Å². The number of hydrogen-bond donors (Lipinski definition) is 2. The molecule has 0 aliphatic carbocycles. The molecule has 3 nitrogen and oxygen atoms in total. The molecule has 11 heavy (non-hydrogen) atoms. The van der Waals surface area contributed by atoms with Crippen LogP contribution in [0.25, 0.3) is 0 Å². The molecule has 1 aromatic carbocycles. The Kier molecular flexibility index (Phi) is 5.47. The molecule has 64 valence electrons. The van der Waals surface area contributed by atoms with Gasteiger partial charge in [0.1, 0.15) is 0 Å². The molecule has 0 aliphatic heterocycles. The molecule has 0 saturated carbocycles. The summed E-state index contributed by atoms with van der Waals surface area (Å²) in [7, 11) is 0. The fourth-order valence-corrected chi connectivity index (χ4v) is 0.581. The third kappa shape index (κ3) is 3.78. The zero-order valence-corrected chi connectivity index (χ0v) is 6.56. The van der Waals surface area contributed by atoms with Crippen molar-refractivity contribution in [3.8, 4) is 0 Å². The Bertz CT molecular complexity index is 213. The SMILES string of the molecule is O=C(O)c1ccccc1.[NH2][Cu]. The summed E-state index contributed by atoms with van der Waals surface area (Å²) in [5.41, 5.74) is 0.331. The van der Waals surface area contributed by atoms with Gasteiger partial charge in [0.15, 0.2) is 0 Å². The molecule has 0 atom stereocenters. The van der Waals surface area contributed by atoms with Crippen molar-refractivity contribution in [2.45, 2.75) is 0 Å². The zero-order chi connectivity index (χ0) is 8.69. The number of carbonyl (C=O) groups is 1. The third-order valence-electron chi connectivity index (χ3n) is 1.02. The predicted molar refractivity (Wildman–Crippen MR) is 37.6 cm³/mol.